The van der Waals surface area contributed by atoms with Gasteiger partial charge in [-0.1, -0.05) is 19.3 Å². The van der Waals surface area contributed by atoms with Gasteiger partial charge in [0.1, 0.15) is 0 Å². The zero-order valence-electron chi connectivity index (χ0n) is 9.74. The third kappa shape index (κ3) is 2.23. The van der Waals surface area contributed by atoms with Crippen LogP contribution in [0.3, 0.4) is 0 Å². The van der Waals surface area contributed by atoms with Gasteiger partial charge in [0.05, 0.1) is 11.7 Å². The van der Waals surface area contributed by atoms with Crippen molar-refractivity contribution >= 4 is 0 Å². The number of aromatic nitrogens is 2. The van der Waals surface area contributed by atoms with Gasteiger partial charge in [0.25, 0.3) is 0 Å². The number of nitrogens with one attached hydrogen (secondary N) is 1. The maximum Gasteiger partial charge on any atom is 0.0553 e. The predicted molar refractivity (Wildman–Crippen MR) is 61.8 cm³/mol. The van der Waals surface area contributed by atoms with E-state index in [4.69, 9.17) is 0 Å². The van der Waals surface area contributed by atoms with Gasteiger partial charge in [-0.25, -0.2) is 0 Å². The van der Waals surface area contributed by atoms with Crippen LogP contribution in [0.15, 0.2) is 12.3 Å². The molecule has 0 radical (unpaired) electrons. The van der Waals surface area contributed by atoms with Crippen LogP contribution in [-0.4, -0.2) is 16.8 Å². The molecule has 0 aliphatic heterocycles. The summed E-state index contributed by atoms with van der Waals surface area (Å²) in [6.07, 6.45) is 8.64. The Morgan fingerprint density at radius 2 is 2.13 bits per heavy atom. The highest BCUT2D eigenvalue weighted by molar-refractivity contribution is 5.07. The molecule has 1 aromatic heterocycles. The summed E-state index contributed by atoms with van der Waals surface area (Å²) < 4.78 is 2.24. The lowest BCUT2D eigenvalue weighted by molar-refractivity contribution is 0.315. The number of hydrogen-bond acceptors (Lipinski definition) is 2. The molecule has 1 atom stereocenters. The number of hydrogen-bond donors (Lipinski definition) is 1. The summed E-state index contributed by atoms with van der Waals surface area (Å²) in [4.78, 5) is 0. The van der Waals surface area contributed by atoms with Crippen molar-refractivity contribution < 1.29 is 0 Å². The predicted octanol–water partition coefficient (Wildman–Crippen LogP) is 2.67. The fraction of sp³-hybridized carbons (Fsp3) is 0.750. The van der Waals surface area contributed by atoms with Crippen LogP contribution in [0.25, 0.3) is 0 Å². The van der Waals surface area contributed by atoms with Crippen molar-refractivity contribution in [3.05, 3.63) is 18.0 Å². The smallest absolute Gasteiger partial charge is 0.0553 e. The maximum atomic E-state index is 4.49. The van der Waals surface area contributed by atoms with E-state index in [1.54, 1.807) is 0 Å². The van der Waals surface area contributed by atoms with Crippen LogP contribution in [0, 0.1) is 0 Å². The molecule has 15 heavy (non-hydrogen) atoms. The molecular weight excluding hydrogens is 186 g/mol. The highest BCUT2D eigenvalue weighted by Crippen LogP contribution is 2.29. The molecule has 2 rings (SSSR count). The molecular formula is C12H21N3. The normalized spacial score (nSPS) is 20.4. The molecule has 3 nitrogen and oxygen atoms in total. The van der Waals surface area contributed by atoms with Gasteiger partial charge in [-0.2, -0.15) is 5.10 Å². The fourth-order valence-electron chi connectivity index (χ4n) is 2.45. The first-order valence-electron chi connectivity index (χ1n) is 6.03. The Bertz CT molecular complexity index is 300. The summed E-state index contributed by atoms with van der Waals surface area (Å²) in [5.41, 5.74) is 1.32. The van der Waals surface area contributed by atoms with Crippen molar-refractivity contribution in [2.24, 2.45) is 0 Å². The summed E-state index contributed by atoms with van der Waals surface area (Å²) in [7, 11) is 2.00. The quantitative estimate of drug-likeness (QED) is 0.825. The molecule has 0 amide bonds. The van der Waals surface area contributed by atoms with Crippen LogP contribution < -0.4 is 5.32 Å². The van der Waals surface area contributed by atoms with Crippen molar-refractivity contribution in [3.8, 4) is 0 Å². The molecule has 0 aromatic carbocycles. The van der Waals surface area contributed by atoms with Crippen molar-refractivity contribution in [2.45, 2.75) is 51.1 Å². The topological polar surface area (TPSA) is 29.9 Å². The first-order chi connectivity index (χ1) is 7.33. The highest BCUT2D eigenvalue weighted by atomic mass is 15.3. The van der Waals surface area contributed by atoms with Gasteiger partial charge in [0, 0.05) is 12.2 Å². The van der Waals surface area contributed by atoms with Crippen LogP contribution >= 0.6 is 0 Å². The summed E-state index contributed by atoms with van der Waals surface area (Å²) in [5.74, 6) is 0. The Morgan fingerprint density at radius 3 is 2.80 bits per heavy atom. The van der Waals surface area contributed by atoms with E-state index >= 15 is 0 Å². The monoisotopic (exact) mass is 207 g/mol. The minimum atomic E-state index is 0.398. The maximum absolute atomic E-state index is 4.49. The van der Waals surface area contributed by atoms with E-state index in [0.717, 1.165) is 0 Å². The highest BCUT2D eigenvalue weighted by Gasteiger charge is 2.19. The van der Waals surface area contributed by atoms with Gasteiger partial charge in [0.15, 0.2) is 0 Å². The molecule has 1 aliphatic rings. The van der Waals surface area contributed by atoms with Crippen molar-refractivity contribution in [1.29, 1.82) is 0 Å². The summed E-state index contributed by atoms with van der Waals surface area (Å²) in [6, 6.07) is 3.17. The van der Waals surface area contributed by atoms with E-state index < -0.39 is 0 Å². The minimum Gasteiger partial charge on any atom is -0.312 e. The van der Waals surface area contributed by atoms with E-state index in [-0.39, 0.29) is 0 Å². The minimum absolute atomic E-state index is 0.398. The van der Waals surface area contributed by atoms with Crippen molar-refractivity contribution in [1.82, 2.24) is 15.1 Å². The molecule has 1 fully saturated rings. The van der Waals surface area contributed by atoms with Gasteiger partial charge in [-0.15, -0.1) is 0 Å². The lowest BCUT2D eigenvalue weighted by Gasteiger charge is -2.25. The Morgan fingerprint density at radius 1 is 1.40 bits per heavy atom. The van der Waals surface area contributed by atoms with E-state index in [1.807, 2.05) is 13.2 Å². The molecule has 1 saturated carbocycles. The summed E-state index contributed by atoms with van der Waals surface area (Å²) in [5, 5.41) is 7.77. The van der Waals surface area contributed by atoms with Crippen molar-refractivity contribution in [2.75, 3.05) is 7.05 Å². The van der Waals surface area contributed by atoms with Gasteiger partial charge in [-0.3, -0.25) is 4.68 Å². The average Bonchev–Trinajstić information content (AvgIpc) is 2.78. The van der Waals surface area contributed by atoms with Gasteiger partial charge >= 0.3 is 0 Å². The van der Waals surface area contributed by atoms with Gasteiger partial charge in [-0.05, 0) is 32.9 Å². The zero-order valence-corrected chi connectivity index (χ0v) is 9.74. The standard InChI is InChI=1S/C12H21N3/c1-10(13-2)12-8-9-14-15(12)11-6-4-3-5-7-11/h8-11,13H,3-7H2,1-2H3. The van der Waals surface area contributed by atoms with E-state index in [1.165, 1.54) is 37.8 Å². The van der Waals surface area contributed by atoms with Crippen LogP contribution in [0.4, 0.5) is 0 Å². The molecule has 0 bridgehead atoms. The van der Waals surface area contributed by atoms with E-state index in [0.29, 0.717) is 12.1 Å². The fourth-order valence-corrected chi connectivity index (χ4v) is 2.45. The Labute approximate surface area is 91.9 Å². The molecule has 84 valence electrons. The lowest BCUT2D eigenvalue weighted by Crippen LogP contribution is -2.22. The Hall–Kier alpha value is -0.830. The lowest BCUT2D eigenvalue weighted by atomic mass is 9.95. The zero-order chi connectivity index (χ0) is 10.7. The SMILES string of the molecule is CNC(C)c1ccnn1C1CCCCC1. The average molecular weight is 207 g/mol. The first-order valence-corrected chi connectivity index (χ1v) is 6.03. The van der Waals surface area contributed by atoms with Gasteiger partial charge < -0.3 is 5.32 Å². The molecule has 1 heterocycles. The molecule has 0 spiro atoms. The molecule has 1 aliphatic carbocycles. The Balaban J connectivity index is 2.15. The third-order valence-corrected chi connectivity index (χ3v) is 3.50. The summed E-state index contributed by atoms with van der Waals surface area (Å²) >= 11 is 0. The van der Waals surface area contributed by atoms with Crippen LogP contribution in [0.2, 0.25) is 0 Å². The van der Waals surface area contributed by atoms with Gasteiger partial charge in [0.2, 0.25) is 0 Å². The largest absolute Gasteiger partial charge is 0.312 e. The second-order valence-corrected chi connectivity index (χ2v) is 4.50. The van der Waals surface area contributed by atoms with E-state index in [9.17, 15) is 0 Å². The second-order valence-electron chi connectivity index (χ2n) is 4.50. The second kappa shape index (κ2) is 4.79. The van der Waals surface area contributed by atoms with Crippen LogP contribution in [-0.2, 0) is 0 Å². The number of rotatable bonds is 3. The van der Waals surface area contributed by atoms with E-state index in [2.05, 4.69) is 28.1 Å². The number of nitrogens with zero attached hydrogens (tertiary/aromatic N) is 2. The molecule has 1 N–H and O–H groups in total. The third-order valence-electron chi connectivity index (χ3n) is 3.50. The first kappa shape index (κ1) is 10.7. The van der Waals surface area contributed by atoms with Crippen molar-refractivity contribution in [3.63, 3.8) is 0 Å². The molecule has 1 aromatic rings. The Kier molecular flexibility index (Phi) is 3.41. The molecule has 0 saturated heterocycles. The molecule has 1 unspecified atom stereocenters. The van der Waals surface area contributed by atoms with Crippen LogP contribution in [0.1, 0.15) is 56.8 Å². The van der Waals surface area contributed by atoms with Crippen LogP contribution in [0.5, 0.6) is 0 Å². The summed E-state index contributed by atoms with van der Waals surface area (Å²) in [6.45, 7) is 2.19. The molecule has 3 heteroatoms.